The van der Waals surface area contributed by atoms with Gasteiger partial charge in [0.15, 0.2) is 5.17 Å². The summed E-state index contributed by atoms with van der Waals surface area (Å²) in [5.41, 5.74) is 2.58. The Kier molecular flexibility index (Phi) is 7.40. The number of carbonyl (C=O) groups is 2. The first kappa shape index (κ1) is 24.4. The van der Waals surface area contributed by atoms with Crippen molar-refractivity contribution in [2.24, 2.45) is 10.9 Å². The zero-order chi connectivity index (χ0) is 23.6. The number of nitrogens with zero attached hydrogens (tertiary/aromatic N) is 2. The Morgan fingerprint density at radius 3 is 2.47 bits per heavy atom. The van der Waals surface area contributed by atoms with E-state index >= 15 is 0 Å². The van der Waals surface area contributed by atoms with E-state index in [-0.39, 0.29) is 18.2 Å². The second kappa shape index (κ2) is 9.71. The molecule has 8 heteroatoms. The summed E-state index contributed by atoms with van der Waals surface area (Å²) >= 11 is 7.61. The molecule has 0 radical (unpaired) electrons. The summed E-state index contributed by atoms with van der Waals surface area (Å²) in [5.74, 6) is 0.157. The number of amides is 2. The Morgan fingerprint density at radius 1 is 1.22 bits per heavy atom. The number of allylic oxidation sites excluding steroid dienone is 1. The van der Waals surface area contributed by atoms with Crippen LogP contribution in [0.2, 0.25) is 5.02 Å². The molecular formula is C24H31ClN4O2S. The number of carbonyl (C=O) groups excluding carboxylic acids is 2. The molecule has 0 aromatic heterocycles. The van der Waals surface area contributed by atoms with Gasteiger partial charge in [0.2, 0.25) is 5.91 Å². The fourth-order valence-corrected chi connectivity index (χ4v) is 4.66. The molecule has 1 aromatic rings. The SMILES string of the molecule is CC1=C(C(=O)NC(C)(C)C)C(c2ccc(Cl)cc2)N2C(CC(=O)NCC(C)C)=CSC2=N1. The molecule has 0 spiro atoms. The standard InChI is InChI=1S/C24H31ClN4O2S/c1-14(2)12-26-19(30)11-18-13-32-23-27-15(3)20(22(31)28-24(4,5)6)21(29(18)23)16-7-9-17(25)10-8-16/h7-10,13-14,21H,11-12H2,1-6H3,(H,26,30)(H,28,31). The van der Waals surface area contributed by atoms with Crippen LogP contribution in [0.25, 0.3) is 0 Å². The van der Waals surface area contributed by atoms with E-state index in [9.17, 15) is 9.59 Å². The summed E-state index contributed by atoms with van der Waals surface area (Å²) in [6, 6.07) is 7.08. The molecule has 2 aliphatic rings. The van der Waals surface area contributed by atoms with Crippen molar-refractivity contribution in [1.82, 2.24) is 15.5 Å². The van der Waals surface area contributed by atoms with E-state index in [4.69, 9.17) is 16.6 Å². The van der Waals surface area contributed by atoms with Crippen LogP contribution < -0.4 is 10.6 Å². The van der Waals surface area contributed by atoms with Crippen LogP contribution in [0.3, 0.4) is 0 Å². The van der Waals surface area contributed by atoms with Gasteiger partial charge in [0, 0.05) is 22.8 Å². The molecule has 172 valence electrons. The molecule has 3 rings (SSSR count). The smallest absolute Gasteiger partial charge is 0.251 e. The molecule has 2 heterocycles. The summed E-state index contributed by atoms with van der Waals surface area (Å²) in [7, 11) is 0. The number of amidine groups is 1. The predicted molar refractivity (Wildman–Crippen MR) is 132 cm³/mol. The molecule has 0 saturated heterocycles. The lowest BCUT2D eigenvalue weighted by atomic mass is 9.92. The summed E-state index contributed by atoms with van der Waals surface area (Å²) in [6.07, 6.45) is 0.218. The van der Waals surface area contributed by atoms with Gasteiger partial charge >= 0.3 is 0 Å². The third-order valence-electron chi connectivity index (χ3n) is 4.97. The van der Waals surface area contributed by atoms with E-state index < -0.39 is 11.6 Å². The minimum absolute atomic E-state index is 0.0476. The van der Waals surface area contributed by atoms with Crippen molar-refractivity contribution in [3.8, 4) is 0 Å². The topological polar surface area (TPSA) is 73.8 Å². The van der Waals surface area contributed by atoms with E-state index in [1.54, 1.807) is 0 Å². The van der Waals surface area contributed by atoms with E-state index in [1.165, 1.54) is 11.8 Å². The number of halogens is 1. The van der Waals surface area contributed by atoms with Crippen molar-refractivity contribution in [2.75, 3.05) is 6.54 Å². The summed E-state index contributed by atoms with van der Waals surface area (Å²) in [6.45, 7) is 12.5. The molecule has 0 bridgehead atoms. The summed E-state index contributed by atoms with van der Waals surface area (Å²) in [4.78, 5) is 32.7. The molecule has 0 saturated carbocycles. The van der Waals surface area contributed by atoms with Gasteiger partial charge in [-0.2, -0.15) is 0 Å². The van der Waals surface area contributed by atoms with E-state index in [2.05, 4.69) is 24.5 Å². The van der Waals surface area contributed by atoms with Gasteiger partial charge in [-0.3, -0.25) is 9.59 Å². The fourth-order valence-electron chi connectivity index (χ4n) is 3.57. The van der Waals surface area contributed by atoms with Gasteiger partial charge in [-0.05, 0) is 56.7 Å². The zero-order valence-corrected chi connectivity index (χ0v) is 21.0. The lowest BCUT2D eigenvalue weighted by molar-refractivity contribution is -0.120. The number of benzene rings is 1. The summed E-state index contributed by atoms with van der Waals surface area (Å²) < 4.78 is 0. The maximum atomic E-state index is 13.4. The van der Waals surface area contributed by atoms with Crippen LogP contribution in [-0.2, 0) is 9.59 Å². The molecule has 32 heavy (non-hydrogen) atoms. The predicted octanol–water partition coefficient (Wildman–Crippen LogP) is 4.99. The van der Waals surface area contributed by atoms with Crippen LogP contribution in [0.1, 0.15) is 59.6 Å². The molecule has 0 aliphatic carbocycles. The van der Waals surface area contributed by atoms with Crippen molar-refractivity contribution in [2.45, 2.75) is 59.5 Å². The Bertz CT molecular complexity index is 990. The van der Waals surface area contributed by atoms with Crippen molar-refractivity contribution < 1.29 is 9.59 Å². The van der Waals surface area contributed by atoms with E-state index in [0.29, 0.717) is 28.8 Å². The fraction of sp³-hybridized carbons (Fsp3) is 0.458. The van der Waals surface area contributed by atoms with Crippen molar-refractivity contribution >= 4 is 40.3 Å². The molecule has 2 N–H and O–H groups in total. The van der Waals surface area contributed by atoms with Crippen LogP contribution in [0.15, 0.2) is 51.6 Å². The van der Waals surface area contributed by atoms with Crippen molar-refractivity contribution in [3.63, 3.8) is 0 Å². The Balaban J connectivity index is 1.99. The number of thioether (sulfide) groups is 1. The van der Waals surface area contributed by atoms with Gasteiger partial charge in [0.05, 0.1) is 23.7 Å². The lowest BCUT2D eigenvalue weighted by Gasteiger charge is -2.37. The second-order valence-electron chi connectivity index (χ2n) is 9.52. The monoisotopic (exact) mass is 474 g/mol. The third-order valence-corrected chi connectivity index (χ3v) is 6.11. The Hall–Kier alpha value is -2.25. The molecule has 1 unspecified atom stereocenters. The maximum Gasteiger partial charge on any atom is 0.251 e. The first-order valence-electron chi connectivity index (χ1n) is 10.8. The number of hydrogen-bond acceptors (Lipinski definition) is 5. The number of nitrogens with one attached hydrogen (secondary N) is 2. The normalized spacial score (nSPS) is 18.4. The van der Waals surface area contributed by atoms with Gasteiger partial charge in [0.25, 0.3) is 5.91 Å². The van der Waals surface area contributed by atoms with E-state index in [0.717, 1.165) is 16.4 Å². The van der Waals surface area contributed by atoms with Gasteiger partial charge in [0.1, 0.15) is 0 Å². The maximum absolute atomic E-state index is 13.4. The molecule has 2 aliphatic heterocycles. The van der Waals surface area contributed by atoms with Gasteiger partial charge < -0.3 is 15.5 Å². The molecule has 2 amide bonds. The van der Waals surface area contributed by atoms with Crippen LogP contribution >= 0.6 is 23.4 Å². The van der Waals surface area contributed by atoms with Crippen molar-refractivity contribution in [1.29, 1.82) is 0 Å². The highest BCUT2D eigenvalue weighted by atomic mass is 35.5. The van der Waals surface area contributed by atoms with Crippen LogP contribution in [0.5, 0.6) is 0 Å². The van der Waals surface area contributed by atoms with E-state index in [1.807, 2.05) is 62.3 Å². The number of hydrogen-bond donors (Lipinski definition) is 2. The van der Waals surface area contributed by atoms with Crippen LogP contribution in [0.4, 0.5) is 0 Å². The zero-order valence-electron chi connectivity index (χ0n) is 19.5. The summed E-state index contributed by atoms with van der Waals surface area (Å²) in [5, 5.41) is 9.39. The van der Waals surface area contributed by atoms with Crippen LogP contribution in [0, 0.1) is 5.92 Å². The number of aliphatic imine (C=N–C) groups is 1. The first-order chi connectivity index (χ1) is 15.0. The minimum atomic E-state index is -0.402. The minimum Gasteiger partial charge on any atom is -0.356 e. The molecular weight excluding hydrogens is 444 g/mol. The molecule has 1 aromatic carbocycles. The van der Waals surface area contributed by atoms with Gasteiger partial charge in [-0.25, -0.2) is 4.99 Å². The largest absolute Gasteiger partial charge is 0.356 e. The number of rotatable bonds is 6. The number of fused-ring (bicyclic) bond motifs is 1. The Labute approximate surface area is 199 Å². The highest BCUT2D eigenvalue weighted by Crippen LogP contribution is 2.44. The van der Waals surface area contributed by atoms with Crippen LogP contribution in [-0.4, -0.2) is 34.0 Å². The molecule has 0 fully saturated rings. The second-order valence-corrected chi connectivity index (χ2v) is 10.8. The molecule has 6 nitrogen and oxygen atoms in total. The van der Waals surface area contributed by atoms with Crippen molar-refractivity contribution in [3.05, 3.63) is 57.2 Å². The Morgan fingerprint density at radius 2 is 1.88 bits per heavy atom. The van der Waals surface area contributed by atoms with Gasteiger partial charge in [-0.15, -0.1) is 0 Å². The van der Waals surface area contributed by atoms with Gasteiger partial charge in [-0.1, -0.05) is 49.3 Å². The molecule has 1 atom stereocenters. The average molecular weight is 475 g/mol. The highest BCUT2D eigenvalue weighted by molar-refractivity contribution is 8.16. The quantitative estimate of drug-likeness (QED) is 0.609. The lowest BCUT2D eigenvalue weighted by Crippen LogP contribution is -2.46. The third kappa shape index (κ3) is 5.75. The highest BCUT2D eigenvalue weighted by Gasteiger charge is 2.41. The first-order valence-corrected chi connectivity index (χ1v) is 12.0. The average Bonchev–Trinajstić information content (AvgIpc) is 3.06.